The van der Waals surface area contributed by atoms with Gasteiger partial charge in [0.2, 0.25) is 5.91 Å². The third kappa shape index (κ3) is 5.30. The molecule has 0 saturated carbocycles. The Balaban J connectivity index is 2.59. The first-order valence-corrected chi connectivity index (χ1v) is 6.47. The molecule has 0 bridgehead atoms. The van der Waals surface area contributed by atoms with E-state index in [-0.39, 0.29) is 17.1 Å². The van der Waals surface area contributed by atoms with Crippen LogP contribution in [0.5, 0.6) is 5.75 Å². The van der Waals surface area contributed by atoms with Crippen LogP contribution in [0, 0.1) is 5.41 Å². The molecule has 0 aliphatic rings. The van der Waals surface area contributed by atoms with E-state index in [1.165, 1.54) is 0 Å². The smallest absolute Gasteiger partial charge is 0.239 e. The van der Waals surface area contributed by atoms with Gasteiger partial charge in [0.15, 0.2) is 0 Å². The fraction of sp³-hybridized carbons (Fsp3) is 0.533. The van der Waals surface area contributed by atoms with Crippen LogP contribution in [0.4, 0.5) is 0 Å². The zero-order valence-electron chi connectivity index (χ0n) is 12.2. The van der Waals surface area contributed by atoms with E-state index in [2.05, 4.69) is 20.8 Å². The topological polar surface area (TPSA) is 66.6 Å². The highest BCUT2D eigenvalue weighted by Crippen LogP contribution is 2.15. The van der Waals surface area contributed by atoms with Gasteiger partial charge in [-0.2, -0.15) is 0 Å². The number of amides is 1. The normalized spacial score (nSPS) is 13.1. The second-order valence-corrected chi connectivity index (χ2v) is 6.23. The lowest BCUT2D eigenvalue weighted by atomic mass is 9.95. The zero-order chi connectivity index (χ0) is 14.6. The van der Waals surface area contributed by atoms with Crippen LogP contribution in [0.3, 0.4) is 0 Å². The van der Waals surface area contributed by atoms with Gasteiger partial charge >= 0.3 is 0 Å². The lowest BCUT2D eigenvalue weighted by Gasteiger charge is -2.28. The van der Waals surface area contributed by atoms with Crippen LogP contribution in [0.25, 0.3) is 0 Å². The minimum absolute atomic E-state index is 0.0528. The van der Waals surface area contributed by atoms with E-state index in [0.29, 0.717) is 13.0 Å². The highest BCUT2D eigenvalue weighted by molar-refractivity contribution is 5.81. The summed E-state index contributed by atoms with van der Waals surface area (Å²) in [5.41, 5.74) is 6.96. The van der Waals surface area contributed by atoms with Gasteiger partial charge in [-0.3, -0.25) is 4.79 Å². The van der Waals surface area contributed by atoms with Gasteiger partial charge in [0.05, 0.1) is 6.04 Å². The molecule has 0 aromatic heterocycles. The van der Waals surface area contributed by atoms with E-state index in [1.807, 2.05) is 0 Å². The average molecular weight is 264 g/mol. The van der Waals surface area contributed by atoms with Crippen LogP contribution in [0.15, 0.2) is 24.3 Å². The quantitative estimate of drug-likeness (QED) is 0.871. The molecular formula is C15H24N2O2. The molecule has 1 amide bonds. The van der Waals surface area contributed by atoms with Crippen LogP contribution in [0.1, 0.15) is 26.3 Å². The number of nitrogens with zero attached hydrogens (tertiary/aromatic N) is 1. The van der Waals surface area contributed by atoms with Crippen LogP contribution in [0.2, 0.25) is 0 Å². The summed E-state index contributed by atoms with van der Waals surface area (Å²) < 4.78 is 0. The Morgan fingerprint density at radius 1 is 1.32 bits per heavy atom. The van der Waals surface area contributed by atoms with Crippen molar-refractivity contribution in [2.45, 2.75) is 33.2 Å². The summed E-state index contributed by atoms with van der Waals surface area (Å²) in [5, 5.41) is 9.21. The Morgan fingerprint density at radius 3 is 2.32 bits per heavy atom. The monoisotopic (exact) mass is 264 g/mol. The molecule has 0 aliphatic carbocycles. The number of phenols is 1. The summed E-state index contributed by atoms with van der Waals surface area (Å²) in [4.78, 5) is 13.8. The molecule has 0 heterocycles. The predicted octanol–water partition coefficient (Wildman–Crippen LogP) is 1.77. The van der Waals surface area contributed by atoms with Crippen molar-refractivity contribution in [2.24, 2.45) is 11.1 Å². The summed E-state index contributed by atoms with van der Waals surface area (Å²) in [6.45, 7) is 6.93. The predicted molar refractivity (Wildman–Crippen MR) is 76.9 cm³/mol. The molecule has 0 fully saturated rings. The first kappa shape index (κ1) is 15.5. The fourth-order valence-corrected chi connectivity index (χ4v) is 2.05. The van der Waals surface area contributed by atoms with Crippen LogP contribution in [-0.4, -0.2) is 35.5 Å². The molecule has 0 spiro atoms. The van der Waals surface area contributed by atoms with Crippen molar-refractivity contribution < 1.29 is 9.90 Å². The highest BCUT2D eigenvalue weighted by Gasteiger charge is 2.22. The molecule has 0 saturated heterocycles. The van der Waals surface area contributed by atoms with E-state index >= 15 is 0 Å². The van der Waals surface area contributed by atoms with Crippen molar-refractivity contribution in [1.29, 1.82) is 0 Å². The Bertz CT molecular complexity index is 421. The summed E-state index contributed by atoms with van der Waals surface area (Å²) in [5.74, 6) is 0.163. The molecule has 0 radical (unpaired) electrons. The molecule has 4 nitrogen and oxygen atoms in total. The van der Waals surface area contributed by atoms with Gasteiger partial charge in [-0.05, 0) is 29.5 Å². The Hall–Kier alpha value is -1.55. The molecule has 106 valence electrons. The lowest BCUT2D eigenvalue weighted by Crippen LogP contribution is -2.45. The van der Waals surface area contributed by atoms with E-state index in [0.717, 1.165) is 5.56 Å². The van der Waals surface area contributed by atoms with Gasteiger partial charge in [-0.15, -0.1) is 0 Å². The number of carbonyl (C=O) groups is 1. The Kier molecular flexibility index (Phi) is 4.95. The summed E-state index contributed by atoms with van der Waals surface area (Å²) in [7, 11) is 1.78. The van der Waals surface area contributed by atoms with E-state index in [1.54, 1.807) is 36.2 Å². The zero-order valence-corrected chi connectivity index (χ0v) is 12.2. The minimum atomic E-state index is -0.545. The van der Waals surface area contributed by atoms with Crippen molar-refractivity contribution in [3.8, 4) is 5.75 Å². The van der Waals surface area contributed by atoms with Crippen LogP contribution in [-0.2, 0) is 11.2 Å². The van der Waals surface area contributed by atoms with Gasteiger partial charge in [-0.25, -0.2) is 0 Å². The maximum absolute atomic E-state index is 12.1. The van der Waals surface area contributed by atoms with Crippen molar-refractivity contribution in [1.82, 2.24) is 4.90 Å². The fourth-order valence-electron chi connectivity index (χ4n) is 2.05. The molecule has 1 atom stereocenters. The minimum Gasteiger partial charge on any atom is -0.508 e. The van der Waals surface area contributed by atoms with Crippen molar-refractivity contribution in [3.05, 3.63) is 29.8 Å². The molecule has 0 aliphatic heterocycles. The van der Waals surface area contributed by atoms with Crippen molar-refractivity contribution in [3.63, 3.8) is 0 Å². The van der Waals surface area contributed by atoms with Crippen molar-refractivity contribution in [2.75, 3.05) is 13.6 Å². The summed E-state index contributed by atoms with van der Waals surface area (Å²) in [6, 6.07) is 6.23. The maximum Gasteiger partial charge on any atom is 0.239 e. The Morgan fingerprint density at radius 2 is 1.84 bits per heavy atom. The molecule has 1 aromatic carbocycles. The molecule has 1 aromatic rings. The largest absolute Gasteiger partial charge is 0.508 e. The second kappa shape index (κ2) is 6.06. The molecule has 0 unspecified atom stereocenters. The maximum atomic E-state index is 12.1. The SMILES string of the molecule is CN(CC(C)(C)C)C(=O)[C@@H](N)Cc1ccc(O)cc1. The molecule has 19 heavy (non-hydrogen) atoms. The number of hydrogen-bond acceptors (Lipinski definition) is 3. The molecule has 3 N–H and O–H groups in total. The third-order valence-electron chi connectivity index (χ3n) is 2.80. The first-order chi connectivity index (χ1) is 8.69. The summed E-state index contributed by atoms with van der Waals surface area (Å²) in [6.07, 6.45) is 0.480. The molecule has 1 rings (SSSR count). The standard InChI is InChI=1S/C15H24N2O2/c1-15(2,3)10-17(4)14(19)13(16)9-11-5-7-12(18)8-6-11/h5-8,13,18H,9-10,16H2,1-4H3/t13-/m0/s1. The van der Waals surface area contributed by atoms with Crippen molar-refractivity contribution >= 4 is 5.91 Å². The number of phenolic OH excluding ortho intramolecular Hbond substituents is 1. The van der Waals surface area contributed by atoms with Gasteiger partial charge < -0.3 is 15.7 Å². The van der Waals surface area contributed by atoms with E-state index < -0.39 is 6.04 Å². The van der Waals surface area contributed by atoms with Gasteiger partial charge in [0.1, 0.15) is 5.75 Å². The summed E-state index contributed by atoms with van der Waals surface area (Å²) >= 11 is 0. The first-order valence-electron chi connectivity index (χ1n) is 6.47. The molecular weight excluding hydrogens is 240 g/mol. The second-order valence-electron chi connectivity index (χ2n) is 6.23. The van der Waals surface area contributed by atoms with E-state index in [9.17, 15) is 9.90 Å². The number of benzene rings is 1. The van der Waals surface area contributed by atoms with Gasteiger partial charge in [-0.1, -0.05) is 32.9 Å². The number of nitrogens with two attached hydrogens (primary N) is 1. The number of aromatic hydroxyl groups is 1. The third-order valence-corrected chi connectivity index (χ3v) is 2.80. The number of likely N-dealkylation sites (N-methyl/N-ethyl adjacent to an activating group) is 1. The van der Waals surface area contributed by atoms with Crippen LogP contribution >= 0.6 is 0 Å². The van der Waals surface area contributed by atoms with E-state index in [4.69, 9.17) is 5.73 Å². The number of hydrogen-bond donors (Lipinski definition) is 2. The lowest BCUT2D eigenvalue weighted by molar-refractivity contribution is -0.132. The average Bonchev–Trinajstić information content (AvgIpc) is 2.28. The number of carbonyl (C=O) groups excluding carboxylic acids is 1. The molecule has 4 heteroatoms. The van der Waals surface area contributed by atoms with Crippen LogP contribution < -0.4 is 5.73 Å². The van der Waals surface area contributed by atoms with Gasteiger partial charge in [0, 0.05) is 13.6 Å². The Labute approximate surface area is 115 Å². The van der Waals surface area contributed by atoms with Gasteiger partial charge in [0.25, 0.3) is 0 Å². The highest BCUT2D eigenvalue weighted by atomic mass is 16.3. The number of rotatable bonds is 4.